The molecular weight excluding hydrogens is 409 g/mol. The van der Waals surface area contributed by atoms with E-state index in [1.54, 1.807) is 0 Å². The molecule has 23 heavy (non-hydrogen) atoms. The number of aliphatic hydroxyl groups is 1. The van der Waals surface area contributed by atoms with Crippen LogP contribution in [0.15, 0.2) is 4.99 Å². The third-order valence-electron chi connectivity index (χ3n) is 4.42. The lowest BCUT2D eigenvalue weighted by Crippen LogP contribution is -2.43. The molecule has 2 aliphatic rings. The monoisotopic (exact) mass is 441 g/mol. The van der Waals surface area contributed by atoms with E-state index in [1.165, 1.54) is 0 Å². The average molecular weight is 441 g/mol. The first kappa shape index (κ1) is 20.9. The van der Waals surface area contributed by atoms with E-state index in [-0.39, 0.29) is 24.0 Å². The molecule has 2 saturated heterocycles. The number of guanidine groups is 1. The summed E-state index contributed by atoms with van der Waals surface area (Å²) in [5, 5.41) is 13.9. The van der Waals surface area contributed by atoms with Crippen LogP contribution in [0.3, 0.4) is 0 Å². The largest absolute Gasteiger partial charge is 0.388 e. The fraction of sp³-hybridized carbons (Fsp3) is 0.938. The van der Waals surface area contributed by atoms with Gasteiger partial charge in [-0.1, -0.05) is 0 Å². The van der Waals surface area contributed by atoms with Crippen molar-refractivity contribution in [3.8, 4) is 0 Å². The number of rotatable bonds is 6. The molecule has 7 heteroatoms. The molecule has 1 atom stereocenters. The van der Waals surface area contributed by atoms with Crippen LogP contribution < -0.4 is 5.32 Å². The Morgan fingerprint density at radius 1 is 1.39 bits per heavy atom. The minimum Gasteiger partial charge on any atom is -0.388 e. The van der Waals surface area contributed by atoms with Crippen molar-refractivity contribution in [2.24, 2.45) is 10.9 Å². The molecule has 0 radical (unpaired) electrons. The number of likely N-dealkylation sites (tertiary alicyclic amines) is 1. The lowest BCUT2D eigenvalue weighted by molar-refractivity contribution is -0.0566. The van der Waals surface area contributed by atoms with Gasteiger partial charge in [0.05, 0.1) is 18.8 Å². The Morgan fingerprint density at radius 2 is 2.13 bits per heavy atom. The summed E-state index contributed by atoms with van der Waals surface area (Å²) in [6, 6.07) is 0. The maximum absolute atomic E-state index is 10.5. The molecule has 1 unspecified atom stereocenters. The van der Waals surface area contributed by atoms with Crippen molar-refractivity contribution in [1.82, 2.24) is 10.2 Å². The first-order valence-corrected chi connectivity index (χ1v) is 8.58. The fourth-order valence-electron chi connectivity index (χ4n) is 3.00. The summed E-state index contributed by atoms with van der Waals surface area (Å²) < 4.78 is 10.9. The van der Waals surface area contributed by atoms with E-state index >= 15 is 0 Å². The highest BCUT2D eigenvalue weighted by molar-refractivity contribution is 14.0. The Balaban J connectivity index is 0.00000264. The summed E-state index contributed by atoms with van der Waals surface area (Å²) in [6.07, 6.45) is 2.48. The lowest BCUT2D eigenvalue weighted by atomic mass is 9.95. The quantitative estimate of drug-likeness (QED) is 0.371. The van der Waals surface area contributed by atoms with E-state index in [9.17, 15) is 5.11 Å². The molecule has 6 nitrogen and oxygen atoms in total. The molecule has 0 aliphatic carbocycles. The van der Waals surface area contributed by atoms with Gasteiger partial charge in [-0.3, -0.25) is 4.99 Å². The zero-order valence-corrected chi connectivity index (χ0v) is 16.8. The molecule has 136 valence electrons. The normalized spacial score (nSPS) is 24.4. The van der Waals surface area contributed by atoms with Crippen molar-refractivity contribution in [2.45, 2.75) is 38.7 Å². The number of hydrogen-bond acceptors (Lipinski definition) is 4. The Labute approximate surface area is 157 Å². The Kier molecular flexibility index (Phi) is 9.72. The number of nitrogens with one attached hydrogen (secondary N) is 1. The van der Waals surface area contributed by atoms with Crippen molar-refractivity contribution in [2.75, 3.05) is 52.6 Å². The molecule has 0 bridgehead atoms. The molecule has 0 saturated carbocycles. The van der Waals surface area contributed by atoms with Gasteiger partial charge in [-0.2, -0.15) is 0 Å². The number of aliphatic imine (C=N–C) groups is 1. The third kappa shape index (κ3) is 6.72. The Hall–Kier alpha value is -0.120. The molecular formula is C16H32IN3O3. The molecule has 2 N–H and O–H groups in total. The summed E-state index contributed by atoms with van der Waals surface area (Å²) in [6.45, 7) is 10.2. The first-order valence-electron chi connectivity index (χ1n) is 8.58. The highest BCUT2D eigenvalue weighted by Gasteiger charge is 2.31. The molecule has 0 aromatic carbocycles. The average Bonchev–Trinajstić information content (AvgIpc) is 2.99. The first-order chi connectivity index (χ1) is 10.7. The highest BCUT2D eigenvalue weighted by atomic mass is 127. The summed E-state index contributed by atoms with van der Waals surface area (Å²) in [5.41, 5.74) is -0.705. The van der Waals surface area contributed by atoms with Gasteiger partial charge < -0.3 is 24.8 Å². The van der Waals surface area contributed by atoms with E-state index in [1.807, 2.05) is 6.92 Å². The fourth-order valence-corrected chi connectivity index (χ4v) is 3.00. The predicted octanol–water partition coefficient (Wildman–Crippen LogP) is 1.47. The lowest BCUT2D eigenvalue weighted by Gasteiger charge is -2.31. The van der Waals surface area contributed by atoms with Gasteiger partial charge in [-0.15, -0.1) is 24.0 Å². The molecule has 2 heterocycles. The van der Waals surface area contributed by atoms with Gasteiger partial charge in [-0.05, 0) is 20.3 Å². The van der Waals surface area contributed by atoms with Gasteiger partial charge >= 0.3 is 0 Å². The second kappa shape index (κ2) is 10.7. The number of halogens is 1. The second-order valence-electron chi connectivity index (χ2n) is 6.27. The van der Waals surface area contributed by atoms with Crippen LogP contribution in [0.5, 0.6) is 0 Å². The van der Waals surface area contributed by atoms with E-state index in [0.29, 0.717) is 38.5 Å². The molecule has 0 spiro atoms. The van der Waals surface area contributed by atoms with Gasteiger partial charge in [0.2, 0.25) is 0 Å². The second-order valence-corrected chi connectivity index (χ2v) is 6.27. The smallest absolute Gasteiger partial charge is 0.194 e. The standard InChI is InChI=1S/C16H31N3O3.HI/c1-3-17-15(18-13-16(20)6-9-22-10-7-16)19-8-5-14(11-19)12-21-4-2;/h14,20H,3-13H2,1-2H3,(H,17,18);1H. The SMILES string of the molecule is CCNC(=NCC1(O)CCOCC1)N1CCC(COCC)C1.I. The summed E-state index contributed by atoms with van der Waals surface area (Å²) >= 11 is 0. The van der Waals surface area contributed by atoms with Crippen molar-refractivity contribution < 1.29 is 14.6 Å². The molecule has 2 rings (SSSR count). The van der Waals surface area contributed by atoms with Gasteiger partial charge in [0.1, 0.15) is 0 Å². The van der Waals surface area contributed by atoms with Crippen molar-refractivity contribution in [1.29, 1.82) is 0 Å². The summed E-state index contributed by atoms with van der Waals surface area (Å²) in [4.78, 5) is 6.98. The summed E-state index contributed by atoms with van der Waals surface area (Å²) in [5.74, 6) is 1.50. The van der Waals surface area contributed by atoms with Crippen LogP contribution in [0.2, 0.25) is 0 Å². The Morgan fingerprint density at radius 3 is 2.78 bits per heavy atom. The number of hydrogen-bond donors (Lipinski definition) is 2. The molecule has 2 aliphatic heterocycles. The van der Waals surface area contributed by atoms with E-state index in [4.69, 9.17) is 14.5 Å². The maximum Gasteiger partial charge on any atom is 0.194 e. The zero-order valence-electron chi connectivity index (χ0n) is 14.4. The maximum atomic E-state index is 10.5. The highest BCUT2D eigenvalue weighted by Crippen LogP contribution is 2.21. The van der Waals surface area contributed by atoms with Crippen molar-refractivity contribution in [3.63, 3.8) is 0 Å². The minimum atomic E-state index is -0.705. The van der Waals surface area contributed by atoms with Crippen molar-refractivity contribution >= 4 is 29.9 Å². The van der Waals surface area contributed by atoms with E-state index in [0.717, 1.165) is 45.2 Å². The minimum absolute atomic E-state index is 0. The van der Waals surface area contributed by atoms with Crippen LogP contribution in [0, 0.1) is 5.92 Å². The Bertz CT molecular complexity index is 362. The van der Waals surface area contributed by atoms with Crippen LogP contribution in [0.25, 0.3) is 0 Å². The third-order valence-corrected chi connectivity index (χ3v) is 4.42. The van der Waals surface area contributed by atoms with E-state index < -0.39 is 5.60 Å². The molecule has 0 aromatic rings. The predicted molar refractivity (Wildman–Crippen MR) is 103 cm³/mol. The summed E-state index contributed by atoms with van der Waals surface area (Å²) in [7, 11) is 0. The van der Waals surface area contributed by atoms with E-state index in [2.05, 4.69) is 17.1 Å². The molecule has 0 aromatic heterocycles. The van der Waals surface area contributed by atoms with Gasteiger partial charge in [0, 0.05) is 58.2 Å². The number of ether oxygens (including phenoxy) is 2. The zero-order chi connectivity index (χ0) is 15.8. The van der Waals surface area contributed by atoms with Crippen LogP contribution >= 0.6 is 24.0 Å². The van der Waals surface area contributed by atoms with Crippen LogP contribution in [0.1, 0.15) is 33.1 Å². The van der Waals surface area contributed by atoms with Crippen LogP contribution in [0.4, 0.5) is 0 Å². The topological polar surface area (TPSA) is 66.3 Å². The molecule has 2 fully saturated rings. The van der Waals surface area contributed by atoms with Crippen LogP contribution in [-0.2, 0) is 9.47 Å². The van der Waals surface area contributed by atoms with Gasteiger partial charge in [0.15, 0.2) is 5.96 Å². The molecule has 0 amide bonds. The number of nitrogens with zero attached hydrogens (tertiary/aromatic N) is 2. The van der Waals surface area contributed by atoms with Crippen LogP contribution in [-0.4, -0.2) is 74.2 Å². The van der Waals surface area contributed by atoms with Gasteiger partial charge in [0.25, 0.3) is 0 Å². The van der Waals surface area contributed by atoms with Crippen molar-refractivity contribution in [3.05, 3.63) is 0 Å². The van der Waals surface area contributed by atoms with Gasteiger partial charge in [-0.25, -0.2) is 0 Å².